The minimum atomic E-state index is -1.23. The van der Waals surface area contributed by atoms with Crippen molar-refractivity contribution in [1.82, 2.24) is 14.9 Å². The van der Waals surface area contributed by atoms with Gasteiger partial charge in [-0.05, 0) is 50.5 Å². The number of benzene rings is 2. The van der Waals surface area contributed by atoms with E-state index < -0.39 is 29.2 Å². The Morgan fingerprint density at radius 2 is 1.72 bits per heavy atom. The van der Waals surface area contributed by atoms with E-state index in [0.717, 1.165) is 11.5 Å². The molecule has 0 saturated heterocycles. The minimum Gasteiger partial charge on any atom is -0.349 e. The molecular weight excluding hydrogens is 391 g/mol. The van der Waals surface area contributed by atoms with Crippen LogP contribution >= 0.6 is 11.5 Å². The van der Waals surface area contributed by atoms with E-state index in [1.807, 2.05) is 20.8 Å². The Kier molecular flexibility index (Phi) is 6.03. The number of hydrogen-bond acceptors (Lipinski definition) is 5. The monoisotopic (exact) mass is 412 g/mol. The lowest BCUT2D eigenvalue weighted by molar-refractivity contribution is -0.124. The number of carbonyl (C=O) groups excluding carboxylic acids is 2. The number of nitrogens with zero attached hydrogens (tertiary/aromatic N) is 3. The number of hydrogen-bond donors (Lipinski definition) is 1. The number of halogens is 1. The fraction of sp³-hybridized carbons (Fsp3) is 0.238. The zero-order valence-electron chi connectivity index (χ0n) is 16.3. The van der Waals surface area contributed by atoms with Crippen LogP contribution in [0, 0.1) is 5.82 Å². The predicted molar refractivity (Wildman–Crippen MR) is 110 cm³/mol. The fourth-order valence-corrected chi connectivity index (χ4v) is 3.32. The van der Waals surface area contributed by atoms with Crippen molar-refractivity contribution in [3.8, 4) is 0 Å². The smallest absolute Gasteiger partial charge is 0.280 e. The van der Waals surface area contributed by atoms with Crippen LogP contribution in [0.5, 0.6) is 0 Å². The maximum absolute atomic E-state index is 14.8. The molecule has 29 heavy (non-hydrogen) atoms. The van der Waals surface area contributed by atoms with Gasteiger partial charge in [-0.1, -0.05) is 40.9 Å². The van der Waals surface area contributed by atoms with Crippen molar-refractivity contribution in [1.29, 1.82) is 0 Å². The molecule has 0 saturated carbocycles. The summed E-state index contributed by atoms with van der Waals surface area (Å²) in [5.74, 6) is -1.61. The molecule has 3 aromatic rings. The van der Waals surface area contributed by atoms with Crippen molar-refractivity contribution in [3.05, 3.63) is 77.1 Å². The molecule has 0 spiro atoms. The van der Waals surface area contributed by atoms with Crippen molar-refractivity contribution < 1.29 is 14.0 Å². The summed E-state index contributed by atoms with van der Waals surface area (Å²) in [4.78, 5) is 27.9. The molecule has 3 rings (SSSR count). The van der Waals surface area contributed by atoms with E-state index in [1.165, 1.54) is 28.5 Å². The van der Waals surface area contributed by atoms with E-state index in [-0.39, 0.29) is 11.3 Å². The molecule has 6 nitrogen and oxygen atoms in total. The standard InChI is InChI=1S/C21H21FN4O2S/c1-21(2,3)23-19(27)18(15-11-7-8-12-16(15)22)26(14-9-5-4-6-10-14)20(28)17-13-29-25-24-17/h4-13,18H,1-3H3,(H,23,27)/t18-/m1/s1. The molecule has 0 unspecified atom stereocenters. The van der Waals surface area contributed by atoms with Crippen molar-refractivity contribution in [2.24, 2.45) is 0 Å². The first-order valence-corrected chi connectivity index (χ1v) is 9.84. The van der Waals surface area contributed by atoms with Gasteiger partial charge in [0.25, 0.3) is 5.91 Å². The predicted octanol–water partition coefficient (Wildman–Crippen LogP) is 3.98. The van der Waals surface area contributed by atoms with Crippen LogP contribution in [0.15, 0.2) is 60.0 Å². The molecule has 1 atom stereocenters. The molecule has 0 aliphatic heterocycles. The summed E-state index contributed by atoms with van der Waals surface area (Å²) < 4.78 is 18.5. The van der Waals surface area contributed by atoms with E-state index >= 15 is 0 Å². The Labute approximate surface area is 172 Å². The van der Waals surface area contributed by atoms with E-state index in [4.69, 9.17) is 0 Å². The summed E-state index contributed by atoms with van der Waals surface area (Å²) in [6.07, 6.45) is 0. The van der Waals surface area contributed by atoms with E-state index in [1.54, 1.807) is 36.4 Å². The number of carbonyl (C=O) groups is 2. The Morgan fingerprint density at radius 1 is 1.07 bits per heavy atom. The molecule has 0 radical (unpaired) electrons. The summed E-state index contributed by atoms with van der Waals surface area (Å²) in [6.45, 7) is 5.47. The van der Waals surface area contributed by atoms with Crippen LogP contribution in [0.4, 0.5) is 10.1 Å². The van der Waals surface area contributed by atoms with Gasteiger partial charge < -0.3 is 5.32 Å². The third kappa shape index (κ3) is 4.83. The topological polar surface area (TPSA) is 75.2 Å². The van der Waals surface area contributed by atoms with Crippen molar-refractivity contribution in [3.63, 3.8) is 0 Å². The lowest BCUT2D eigenvalue weighted by Gasteiger charge is -2.33. The molecule has 2 aromatic carbocycles. The molecule has 1 aromatic heterocycles. The van der Waals surface area contributed by atoms with Gasteiger partial charge in [-0.25, -0.2) is 4.39 Å². The van der Waals surface area contributed by atoms with Gasteiger partial charge in [0.1, 0.15) is 11.9 Å². The molecule has 1 N–H and O–H groups in total. The minimum absolute atomic E-state index is 0.0868. The molecule has 0 aliphatic carbocycles. The summed E-state index contributed by atoms with van der Waals surface area (Å²) in [5.41, 5.74) is 0.0509. The lowest BCUT2D eigenvalue weighted by atomic mass is 10.00. The first-order valence-electron chi connectivity index (χ1n) is 9.00. The van der Waals surface area contributed by atoms with E-state index in [9.17, 15) is 14.0 Å². The summed E-state index contributed by atoms with van der Waals surface area (Å²) in [7, 11) is 0. The Morgan fingerprint density at radius 3 is 2.31 bits per heavy atom. The Bertz CT molecular complexity index is 987. The molecule has 150 valence electrons. The zero-order chi connectivity index (χ0) is 21.0. The van der Waals surface area contributed by atoms with Crippen LogP contribution < -0.4 is 10.2 Å². The molecular formula is C21H21FN4O2S. The third-order valence-corrected chi connectivity index (χ3v) is 4.54. The zero-order valence-corrected chi connectivity index (χ0v) is 17.1. The maximum atomic E-state index is 14.8. The SMILES string of the molecule is CC(C)(C)NC(=O)[C@@H](c1ccccc1F)N(C(=O)c1csnn1)c1ccccc1. The Balaban J connectivity index is 2.18. The fourth-order valence-electron chi connectivity index (χ4n) is 2.89. The van der Waals surface area contributed by atoms with Gasteiger partial charge >= 0.3 is 0 Å². The normalized spacial score (nSPS) is 12.3. The van der Waals surface area contributed by atoms with Crippen molar-refractivity contribution in [2.75, 3.05) is 4.90 Å². The van der Waals surface area contributed by atoms with Crippen LogP contribution in [-0.2, 0) is 4.79 Å². The van der Waals surface area contributed by atoms with E-state index in [2.05, 4.69) is 14.9 Å². The van der Waals surface area contributed by atoms with Gasteiger partial charge in [0, 0.05) is 22.2 Å². The second kappa shape index (κ2) is 8.48. The highest BCUT2D eigenvalue weighted by molar-refractivity contribution is 7.03. The number of aromatic nitrogens is 2. The molecule has 8 heteroatoms. The van der Waals surface area contributed by atoms with Crippen LogP contribution in [-0.4, -0.2) is 26.9 Å². The lowest BCUT2D eigenvalue weighted by Crippen LogP contribution is -2.49. The first kappa shape index (κ1) is 20.6. The van der Waals surface area contributed by atoms with E-state index in [0.29, 0.717) is 5.69 Å². The maximum Gasteiger partial charge on any atom is 0.280 e. The highest BCUT2D eigenvalue weighted by Gasteiger charge is 2.37. The van der Waals surface area contributed by atoms with Gasteiger partial charge in [-0.2, -0.15) is 0 Å². The largest absolute Gasteiger partial charge is 0.349 e. The number of anilines is 1. The highest BCUT2D eigenvalue weighted by Crippen LogP contribution is 2.31. The highest BCUT2D eigenvalue weighted by atomic mass is 32.1. The molecule has 0 aliphatic rings. The van der Waals surface area contributed by atoms with Gasteiger partial charge in [-0.3, -0.25) is 14.5 Å². The van der Waals surface area contributed by atoms with Crippen LogP contribution in [0.3, 0.4) is 0 Å². The number of rotatable bonds is 5. The summed E-state index contributed by atoms with van der Waals surface area (Å²) >= 11 is 1.03. The number of nitrogens with one attached hydrogen (secondary N) is 1. The summed E-state index contributed by atoms with van der Waals surface area (Å²) in [5, 5.41) is 8.21. The Hall–Kier alpha value is -3.13. The summed E-state index contributed by atoms with van der Waals surface area (Å²) in [6, 6.07) is 13.4. The van der Waals surface area contributed by atoms with Gasteiger partial charge in [-0.15, -0.1) is 5.10 Å². The quantitative estimate of drug-likeness (QED) is 0.688. The average Bonchev–Trinajstić information content (AvgIpc) is 3.20. The van der Waals surface area contributed by atoms with Crippen molar-refractivity contribution in [2.45, 2.75) is 32.4 Å². The van der Waals surface area contributed by atoms with Crippen molar-refractivity contribution >= 4 is 29.0 Å². The van der Waals surface area contributed by atoms with Gasteiger partial charge in [0.05, 0.1) is 0 Å². The molecule has 0 fully saturated rings. The number of para-hydroxylation sites is 1. The van der Waals surface area contributed by atoms with Crippen LogP contribution in [0.1, 0.15) is 42.9 Å². The first-order chi connectivity index (χ1) is 13.8. The molecule has 1 heterocycles. The van der Waals surface area contributed by atoms with Crippen LogP contribution in [0.25, 0.3) is 0 Å². The number of amides is 2. The third-order valence-electron chi connectivity index (χ3n) is 4.04. The molecule has 0 bridgehead atoms. The second-order valence-electron chi connectivity index (χ2n) is 7.46. The van der Waals surface area contributed by atoms with Gasteiger partial charge in [0.2, 0.25) is 5.91 Å². The second-order valence-corrected chi connectivity index (χ2v) is 8.07. The van der Waals surface area contributed by atoms with Gasteiger partial charge in [0.15, 0.2) is 5.69 Å². The van der Waals surface area contributed by atoms with Crippen LogP contribution in [0.2, 0.25) is 0 Å². The average molecular weight is 412 g/mol. The molecule has 2 amide bonds.